The summed E-state index contributed by atoms with van der Waals surface area (Å²) in [6, 6.07) is 9.02. The maximum atomic E-state index is 6.10. The summed E-state index contributed by atoms with van der Waals surface area (Å²) in [4.78, 5) is 4.13. The summed E-state index contributed by atoms with van der Waals surface area (Å²) in [6.07, 6.45) is 0. The molecule has 4 nitrogen and oxygen atoms in total. The fourth-order valence-electron chi connectivity index (χ4n) is 1.61. The number of benzene rings is 1. The molecule has 0 saturated heterocycles. The number of pyridine rings is 1. The topological polar surface area (TPSA) is 43.6 Å². The van der Waals surface area contributed by atoms with Gasteiger partial charge in [-0.1, -0.05) is 52.1 Å². The lowest BCUT2D eigenvalue weighted by molar-refractivity contribution is 0.802. The fourth-order valence-corrected chi connectivity index (χ4v) is 2.18. The van der Waals surface area contributed by atoms with E-state index in [9.17, 15) is 0 Å². The summed E-state index contributed by atoms with van der Waals surface area (Å²) < 4.78 is 1.53. The van der Waals surface area contributed by atoms with E-state index >= 15 is 0 Å². The van der Waals surface area contributed by atoms with E-state index in [-0.39, 0.29) is 5.15 Å². The average molecular weight is 300 g/mol. The summed E-state index contributed by atoms with van der Waals surface area (Å²) in [5.74, 6) is 0.403. The Morgan fingerprint density at radius 2 is 1.78 bits per heavy atom. The average Bonchev–Trinajstić information content (AvgIpc) is 2.78. The van der Waals surface area contributed by atoms with Crippen LogP contribution in [0, 0.1) is 0 Å². The lowest BCUT2D eigenvalue weighted by Crippen LogP contribution is -2.01. The van der Waals surface area contributed by atoms with Crippen molar-refractivity contribution in [1.82, 2.24) is 20.0 Å². The normalized spacial score (nSPS) is 11.1. The van der Waals surface area contributed by atoms with Gasteiger partial charge in [0.2, 0.25) is 0 Å². The van der Waals surface area contributed by atoms with Crippen molar-refractivity contribution in [3.8, 4) is 5.82 Å². The Bertz CT molecular complexity index is 738. The van der Waals surface area contributed by atoms with Crippen LogP contribution in [-0.2, 0) is 0 Å². The van der Waals surface area contributed by atoms with Gasteiger partial charge in [-0.25, -0.2) is 4.98 Å². The molecule has 3 rings (SSSR count). The van der Waals surface area contributed by atoms with Crippen molar-refractivity contribution in [1.29, 1.82) is 0 Å². The molecule has 0 unspecified atom stereocenters. The minimum atomic E-state index is 0.177. The number of para-hydroxylation sites is 1. The molecule has 0 bridgehead atoms. The Kier molecular flexibility index (Phi) is 2.86. The number of fused-ring (bicyclic) bond motifs is 1. The van der Waals surface area contributed by atoms with E-state index in [0.717, 1.165) is 11.0 Å². The molecular formula is C11H5Cl3N4. The Labute approximate surface area is 117 Å². The predicted octanol–water partition coefficient (Wildman–Crippen LogP) is 3.78. The van der Waals surface area contributed by atoms with Crippen LogP contribution in [0.5, 0.6) is 0 Å². The van der Waals surface area contributed by atoms with Gasteiger partial charge in [0, 0.05) is 0 Å². The number of halogens is 3. The lowest BCUT2D eigenvalue weighted by Gasteiger charge is -2.05. The lowest BCUT2D eigenvalue weighted by atomic mass is 10.3. The molecule has 90 valence electrons. The van der Waals surface area contributed by atoms with Crippen LogP contribution in [0.1, 0.15) is 0 Å². The monoisotopic (exact) mass is 298 g/mol. The molecule has 0 saturated carbocycles. The summed E-state index contributed by atoms with van der Waals surface area (Å²) in [6.45, 7) is 0. The van der Waals surface area contributed by atoms with Gasteiger partial charge in [0.05, 0.1) is 15.6 Å². The first-order valence-electron chi connectivity index (χ1n) is 4.99. The molecule has 0 atom stereocenters. The summed E-state index contributed by atoms with van der Waals surface area (Å²) in [5, 5.41) is 8.88. The van der Waals surface area contributed by atoms with E-state index in [1.807, 2.05) is 24.3 Å². The highest BCUT2D eigenvalue weighted by Crippen LogP contribution is 2.28. The van der Waals surface area contributed by atoms with Gasteiger partial charge in [0.25, 0.3) is 0 Å². The number of hydrogen-bond donors (Lipinski definition) is 0. The van der Waals surface area contributed by atoms with Gasteiger partial charge in [0.15, 0.2) is 5.82 Å². The van der Waals surface area contributed by atoms with E-state index in [0.29, 0.717) is 15.9 Å². The third-order valence-corrected chi connectivity index (χ3v) is 3.37. The second-order valence-electron chi connectivity index (χ2n) is 3.56. The Balaban J connectivity index is 2.29. The van der Waals surface area contributed by atoms with Crippen LogP contribution in [0.2, 0.25) is 15.2 Å². The molecule has 0 N–H and O–H groups in total. The molecule has 0 aliphatic rings. The molecule has 0 amide bonds. The van der Waals surface area contributed by atoms with Crippen molar-refractivity contribution in [3.05, 3.63) is 45.5 Å². The zero-order valence-electron chi connectivity index (χ0n) is 8.81. The van der Waals surface area contributed by atoms with Crippen molar-refractivity contribution in [3.63, 3.8) is 0 Å². The van der Waals surface area contributed by atoms with Crippen molar-refractivity contribution < 1.29 is 0 Å². The molecular weight excluding hydrogens is 295 g/mol. The second-order valence-corrected chi connectivity index (χ2v) is 4.73. The third-order valence-electron chi connectivity index (χ3n) is 2.42. The van der Waals surface area contributed by atoms with Crippen LogP contribution in [0.3, 0.4) is 0 Å². The van der Waals surface area contributed by atoms with E-state index in [1.54, 1.807) is 0 Å². The zero-order chi connectivity index (χ0) is 12.7. The summed E-state index contributed by atoms with van der Waals surface area (Å²) in [7, 11) is 0. The van der Waals surface area contributed by atoms with E-state index in [4.69, 9.17) is 34.8 Å². The van der Waals surface area contributed by atoms with Crippen LogP contribution in [0.4, 0.5) is 0 Å². The fraction of sp³-hybridized carbons (Fsp3) is 0. The molecule has 3 aromatic rings. The van der Waals surface area contributed by atoms with Crippen molar-refractivity contribution in [2.24, 2.45) is 0 Å². The highest BCUT2D eigenvalue weighted by Gasteiger charge is 2.13. The second kappa shape index (κ2) is 4.39. The van der Waals surface area contributed by atoms with Crippen molar-refractivity contribution in [2.45, 2.75) is 0 Å². The highest BCUT2D eigenvalue weighted by molar-refractivity contribution is 6.42. The smallest absolute Gasteiger partial charge is 0.176 e. The molecule has 18 heavy (non-hydrogen) atoms. The molecule has 0 spiro atoms. The molecule has 7 heteroatoms. The van der Waals surface area contributed by atoms with Gasteiger partial charge in [-0.05, 0) is 18.2 Å². The molecule has 0 radical (unpaired) electrons. The quantitative estimate of drug-likeness (QED) is 0.642. The Hall–Kier alpha value is -1.36. The highest BCUT2D eigenvalue weighted by atomic mass is 35.5. The van der Waals surface area contributed by atoms with Gasteiger partial charge in [-0.2, -0.15) is 4.68 Å². The van der Waals surface area contributed by atoms with Gasteiger partial charge < -0.3 is 0 Å². The molecule has 2 aromatic heterocycles. The SMILES string of the molecule is Clc1cc(Cl)c(-n2nnc3ccccc32)nc1Cl. The summed E-state index contributed by atoms with van der Waals surface area (Å²) in [5.41, 5.74) is 1.55. The molecule has 0 aliphatic carbocycles. The first kappa shape index (κ1) is 11.7. The molecule has 0 fully saturated rings. The largest absolute Gasteiger partial charge is 0.214 e. The number of aromatic nitrogens is 4. The van der Waals surface area contributed by atoms with Crippen LogP contribution < -0.4 is 0 Å². The van der Waals surface area contributed by atoms with Gasteiger partial charge >= 0.3 is 0 Å². The van der Waals surface area contributed by atoms with E-state index in [2.05, 4.69) is 15.3 Å². The first-order valence-corrected chi connectivity index (χ1v) is 6.12. The Morgan fingerprint density at radius 1 is 1.00 bits per heavy atom. The molecule has 2 heterocycles. The van der Waals surface area contributed by atoms with Crippen LogP contribution in [-0.4, -0.2) is 20.0 Å². The third kappa shape index (κ3) is 1.82. The van der Waals surface area contributed by atoms with Gasteiger partial charge in [-0.15, -0.1) is 5.10 Å². The molecule has 0 aliphatic heterocycles. The first-order chi connectivity index (χ1) is 8.66. The molecule has 1 aromatic carbocycles. The minimum absolute atomic E-state index is 0.177. The number of hydrogen-bond acceptors (Lipinski definition) is 3. The van der Waals surface area contributed by atoms with Crippen LogP contribution in [0.25, 0.3) is 16.9 Å². The standard InChI is InChI=1S/C11H5Cl3N4/c12-6-5-7(13)11(15-10(6)14)18-9-4-2-1-3-8(9)16-17-18/h1-5H. The van der Waals surface area contributed by atoms with Gasteiger partial charge in [-0.3, -0.25) is 0 Å². The summed E-state index contributed by atoms with van der Waals surface area (Å²) >= 11 is 17.8. The van der Waals surface area contributed by atoms with Crippen molar-refractivity contribution >= 4 is 45.8 Å². The maximum absolute atomic E-state index is 6.10. The van der Waals surface area contributed by atoms with Crippen LogP contribution >= 0.6 is 34.8 Å². The van der Waals surface area contributed by atoms with E-state index < -0.39 is 0 Å². The predicted molar refractivity (Wildman–Crippen MR) is 71.7 cm³/mol. The number of rotatable bonds is 1. The maximum Gasteiger partial charge on any atom is 0.176 e. The van der Waals surface area contributed by atoms with E-state index in [1.165, 1.54) is 10.7 Å². The zero-order valence-corrected chi connectivity index (χ0v) is 11.1. The Morgan fingerprint density at radius 3 is 2.61 bits per heavy atom. The van der Waals surface area contributed by atoms with Crippen LogP contribution in [0.15, 0.2) is 30.3 Å². The van der Waals surface area contributed by atoms with Crippen molar-refractivity contribution in [2.75, 3.05) is 0 Å². The number of nitrogens with zero attached hydrogens (tertiary/aromatic N) is 4. The van der Waals surface area contributed by atoms with Gasteiger partial charge in [0.1, 0.15) is 10.7 Å². The minimum Gasteiger partial charge on any atom is -0.214 e.